The molecule has 0 saturated carbocycles. The van der Waals surface area contributed by atoms with Crippen LogP contribution in [0.4, 0.5) is 10.1 Å². The van der Waals surface area contributed by atoms with Crippen molar-refractivity contribution in [3.63, 3.8) is 0 Å². The zero-order valence-corrected chi connectivity index (χ0v) is 23.8. The normalized spacial score (nSPS) is 15.1. The molecular formula is C31H42FN7. The molecule has 7 nitrogen and oxygen atoms in total. The quantitative estimate of drug-likeness (QED) is 0.260. The van der Waals surface area contributed by atoms with E-state index in [4.69, 9.17) is 16.1 Å². The molecular weight excluding hydrogens is 489 g/mol. The highest BCUT2D eigenvalue weighted by Crippen LogP contribution is 2.31. The molecule has 2 aromatic carbocycles. The van der Waals surface area contributed by atoms with Crippen LogP contribution in [-0.2, 0) is 19.5 Å². The van der Waals surface area contributed by atoms with Gasteiger partial charge in [0, 0.05) is 37.4 Å². The molecule has 39 heavy (non-hydrogen) atoms. The average molecular weight is 532 g/mol. The van der Waals surface area contributed by atoms with Crippen LogP contribution in [0.3, 0.4) is 0 Å². The van der Waals surface area contributed by atoms with Gasteiger partial charge in [0.1, 0.15) is 11.5 Å². The molecule has 0 unspecified atom stereocenters. The van der Waals surface area contributed by atoms with Crippen LogP contribution in [0.1, 0.15) is 62.5 Å². The zero-order valence-electron chi connectivity index (χ0n) is 23.8. The minimum absolute atomic E-state index is 0.257. The Hall–Kier alpha value is -3.65. The second-order valence-electron chi connectivity index (χ2n) is 9.93. The summed E-state index contributed by atoms with van der Waals surface area (Å²) >= 11 is 0. The maximum absolute atomic E-state index is 14.0. The van der Waals surface area contributed by atoms with Gasteiger partial charge in [-0.3, -0.25) is 5.41 Å². The van der Waals surface area contributed by atoms with Crippen molar-refractivity contribution in [2.75, 3.05) is 38.5 Å². The third-order valence-electron chi connectivity index (χ3n) is 7.56. The topological polar surface area (TPSA) is 88.3 Å². The maximum atomic E-state index is 14.0. The van der Waals surface area contributed by atoms with Crippen LogP contribution in [0.2, 0.25) is 0 Å². The van der Waals surface area contributed by atoms with Gasteiger partial charge in [-0.1, -0.05) is 58.9 Å². The molecule has 208 valence electrons. The first kappa shape index (κ1) is 28.4. The molecule has 3 heterocycles. The van der Waals surface area contributed by atoms with Crippen molar-refractivity contribution in [2.45, 2.75) is 53.6 Å². The first-order valence-corrected chi connectivity index (χ1v) is 14.1. The number of piperazine rings is 1. The van der Waals surface area contributed by atoms with Gasteiger partial charge in [0.05, 0.1) is 30.3 Å². The van der Waals surface area contributed by atoms with Gasteiger partial charge >= 0.3 is 0 Å². The van der Waals surface area contributed by atoms with E-state index in [0.29, 0.717) is 30.2 Å². The molecule has 1 fully saturated rings. The van der Waals surface area contributed by atoms with Crippen molar-refractivity contribution in [2.24, 2.45) is 0 Å². The molecule has 0 radical (unpaired) electrons. The van der Waals surface area contributed by atoms with Crippen LogP contribution in [0.5, 0.6) is 0 Å². The Kier molecular flexibility index (Phi) is 9.07. The van der Waals surface area contributed by atoms with Crippen LogP contribution in [0, 0.1) is 11.2 Å². The molecule has 2 aliphatic heterocycles. The van der Waals surface area contributed by atoms with Crippen LogP contribution in [0.25, 0.3) is 11.1 Å². The number of fused-ring (bicyclic) bond motifs is 1. The Morgan fingerprint density at radius 1 is 1.05 bits per heavy atom. The lowest BCUT2D eigenvalue weighted by atomic mass is 9.94. The summed E-state index contributed by atoms with van der Waals surface area (Å²) in [5, 5.41) is 8.79. The van der Waals surface area contributed by atoms with Crippen LogP contribution >= 0.6 is 0 Å². The molecule has 8 heteroatoms. The predicted molar refractivity (Wildman–Crippen MR) is 158 cm³/mol. The first-order chi connectivity index (χ1) is 18.9. The SMILES string of the molecule is C=C(N1CCN(CC)CC1)N1Cc2nc(C(=N)c3ccc(-c4cc(F)ccc4CCC)cc3N)[nH]c2C1.CC. The Morgan fingerprint density at radius 3 is 2.44 bits per heavy atom. The second-order valence-corrected chi connectivity index (χ2v) is 9.93. The second kappa shape index (κ2) is 12.5. The van der Waals surface area contributed by atoms with Crippen LogP contribution in [-0.4, -0.2) is 63.1 Å². The van der Waals surface area contributed by atoms with E-state index in [1.807, 2.05) is 38.1 Å². The highest BCUT2D eigenvalue weighted by molar-refractivity contribution is 6.12. The summed E-state index contributed by atoms with van der Waals surface area (Å²) in [4.78, 5) is 15.2. The summed E-state index contributed by atoms with van der Waals surface area (Å²) in [5.74, 6) is 1.29. The number of benzene rings is 2. The van der Waals surface area contributed by atoms with E-state index in [1.165, 1.54) is 6.07 Å². The number of anilines is 1. The minimum Gasteiger partial charge on any atom is -0.398 e. The number of H-pyrrole nitrogens is 1. The molecule has 4 N–H and O–H groups in total. The number of nitrogen functional groups attached to an aromatic ring is 1. The van der Waals surface area contributed by atoms with E-state index in [9.17, 15) is 4.39 Å². The molecule has 0 bridgehead atoms. The lowest BCUT2D eigenvalue weighted by Gasteiger charge is -2.39. The third kappa shape index (κ3) is 6.01. The van der Waals surface area contributed by atoms with Crippen molar-refractivity contribution >= 4 is 11.4 Å². The van der Waals surface area contributed by atoms with Gasteiger partial charge in [-0.05, 0) is 47.9 Å². The Balaban J connectivity index is 0.00000172. The van der Waals surface area contributed by atoms with E-state index in [1.54, 1.807) is 6.07 Å². The van der Waals surface area contributed by atoms with Gasteiger partial charge in [0.25, 0.3) is 0 Å². The van der Waals surface area contributed by atoms with Gasteiger partial charge in [0.2, 0.25) is 0 Å². The lowest BCUT2D eigenvalue weighted by Crippen LogP contribution is -2.47. The number of likely N-dealkylation sites (N-methyl/N-ethyl adjacent to an activating group) is 1. The van der Waals surface area contributed by atoms with Gasteiger partial charge < -0.3 is 25.4 Å². The molecule has 2 aliphatic rings. The summed E-state index contributed by atoms with van der Waals surface area (Å²) < 4.78 is 14.0. The minimum atomic E-state index is -0.268. The van der Waals surface area contributed by atoms with Gasteiger partial charge in [0.15, 0.2) is 5.82 Å². The van der Waals surface area contributed by atoms with E-state index in [2.05, 4.69) is 40.1 Å². The Bertz CT molecular complexity index is 1300. The fourth-order valence-electron chi connectivity index (χ4n) is 5.35. The number of halogens is 1. The fourth-order valence-corrected chi connectivity index (χ4v) is 5.35. The van der Waals surface area contributed by atoms with E-state index in [0.717, 1.165) is 79.5 Å². The summed E-state index contributed by atoms with van der Waals surface area (Å²) in [6.07, 6.45) is 1.84. The molecule has 0 amide bonds. The number of aromatic amines is 1. The Morgan fingerprint density at radius 2 is 1.79 bits per heavy atom. The molecule has 0 spiro atoms. The summed E-state index contributed by atoms with van der Waals surface area (Å²) in [6, 6.07) is 10.5. The van der Waals surface area contributed by atoms with Gasteiger partial charge in [-0.2, -0.15) is 0 Å². The zero-order chi connectivity index (χ0) is 28.1. The summed E-state index contributed by atoms with van der Waals surface area (Å²) in [6.45, 7) is 19.2. The first-order valence-electron chi connectivity index (χ1n) is 14.1. The molecule has 0 aliphatic carbocycles. The number of hydrogen-bond donors (Lipinski definition) is 3. The fraction of sp³-hybridized carbons (Fsp3) is 0.419. The number of imidazole rings is 1. The number of rotatable bonds is 8. The number of hydrogen-bond acceptors (Lipinski definition) is 6. The molecule has 5 rings (SSSR count). The van der Waals surface area contributed by atoms with Crippen molar-refractivity contribution in [1.82, 2.24) is 24.7 Å². The summed E-state index contributed by atoms with van der Waals surface area (Å²) in [7, 11) is 0. The number of aromatic nitrogens is 2. The Labute approximate surface area is 232 Å². The highest BCUT2D eigenvalue weighted by Gasteiger charge is 2.29. The standard InChI is InChI=1S/C29H36FN7.C2H6/c1-4-6-20-7-9-22(30)16-24(20)21-8-10-23(25(31)15-21)28(32)29-33-26-17-37(18-27(26)34-29)19(3)36-13-11-35(5-2)12-14-36;1-2/h7-10,15-16,32H,3-6,11-14,17-18,31H2,1-2H3,(H,33,34);1-2H3. The highest BCUT2D eigenvalue weighted by atomic mass is 19.1. The van der Waals surface area contributed by atoms with Gasteiger partial charge in [-0.25, -0.2) is 9.37 Å². The van der Waals surface area contributed by atoms with Crippen molar-refractivity contribution in [1.29, 1.82) is 5.41 Å². The monoisotopic (exact) mass is 531 g/mol. The molecule has 0 atom stereocenters. The number of nitrogens with two attached hydrogens (primary N) is 1. The average Bonchev–Trinajstić information content (AvgIpc) is 3.54. The smallest absolute Gasteiger partial charge is 0.156 e. The van der Waals surface area contributed by atoms with Crippen molar-refractivity contribution < 1.29 is 4.39 Å². The lowest BCUT2D eigenvalue weighted by molar-refractivity contribution is 0.125. The van der Waals surface area contributed by atoms with Crippen molar-refractivity contribution in [3.8, 4) is 11.1 Å². The number of aryl methyl sites for hydroxylation is 1. The van der Waals surface area contributed by atoms with E-state index in [-0.39, 0.29) is 11.5 Å². The molecule has 1 saturated heterocycles. The van der Waals surface area contributed by atoms with E-state index < -0.39 is 0 Å². The predicted octanol–water partition coefficient (Wildman–Crippen LogP) is 5.62. The molecule has 3 aromatic rings. The third-order valence-corrected chi connectivity index (χ3v) is 7.56. The maximum Gasteiger partial charge on any atom is 0.156 e. The summed E-state index contributed by atoms with van der Waals surface area (Å²) in [5.41, 5.74) is 12.5. The van der Waals surface area contributed by atoms with Crippen LogP contribution < -0.4 is 5.73 Å². The van der Waals surface area contributed by atoms with Crippen LogP contribution in [0.15, 0.2) is 48.8 Å². The van der Waals surface area contributed by atoms with Gasteiger partial charge in [-0.15, -0.1) is 0 Å². The van der Waals surface area contributed by atoms with Crippen molar-refractivity contribution in [3.05, 3.63) is 83.0 Å². The molecule has 1 aromatic heterocycles. The number of nitrogens with zero attached hydrogens (tertiary/aromatic N) is 4. The largest absolute Gasteiger partial charge is 0.398 e. The van der Waals surface area contributed by atoms with E-state index >= 15 is 0 Å². The number of nitrogens with one attached hydrogen (secondary N) is 2.